The number of aromatic nitrogens is 2. The molecule has 0 unspecified atom stereocenters. The summed E-state index contributed by atoms with van der Waals surface area (Å²) in [4.78, 5) is 16.3. The summed E-state index contributed by atoms with van der Waals surface area (Å²) in [5.74, 6) is -0.309. The van der Waals surface area contributed by atoms with E-state index >= 15 is 0 Å². The molecule has 3 rings (SSSR count). The zero-order chi connectivity index (χ0) is 13.4. The van der Waals surface area contributed by atoms with Gasteiger partial charge in [-0.05, 0) is 44.2 Å². The fourth-order valence-corrected chi connectivity index (χ4v) is 2.28. The van der Waals surface area contributed by atoms with Gasteiger partial charge in [0.1, 0.15) is 0 Å². The fourth-order valence-electron chi connectivity index (χ4n) is 2.28. The Kier molecular flexibility index (Phi) is 2.71. The van der Waals surface area contributed by atoms with Crippen molar-refractivity contribution in [2.45, 2.75) is 13.8 Å². The molecule has 0 radical (unpaired) electrons. The molecule has 0 saturated carbocycles. The average molecular weight is 254 g/mol. The van der Waals surface area contributed by atoms with Gasteiger partial charge in [0.05, 0.1) is 34.4 Å². The van der Waals surface area contributed by atoms with E-state index in [1.807, 2.05) is 31.3 Å². The van der Waals surface area contributed by atoms with Crippen LogP contribution in [-0.2, 0) is 4.74 Å². The van der Waals surface area contributed by atoms with E-state index < -0.39 is 0 Å². The minimum atomic E-state index is -0.309. The highest BCUT2D eigenvalue weighted by atomic mass is 16.5. The number of aryl methyl sites for hydroxylation is 1. The number of esters is 1. The number of carbonyl (C=O) groups is 1. The van der Waals surface area contributed by atoms with Crippen LogP contribution in [0, 0.1) is 6.92 Å². The van der Waals surface area contributed by atoms with Crippen molar-refractivity contribution in [3.8, 4) is 0 Å². The molecular formula is C15H14N2O2. The maximum absolute atomic E-state index is 11.7. The van der Waals surface area contributed by atoms with E-state index in [1.165, 1.54) is 0 Å². The van der Waals surface area contributed by atoms with Crippen LogP contribution < -0.4 is 0 Å². The molecular weight excluding hydrogens is 240 g/mol. The van der Waals surface area contributed by atoms with Gasteiger partial charge in [-0.15, -0.1) is 0 Å². The number of hydrogen-bond acceptors (Lipinski definition) is 3. The lowest BCUT2D eigenvalue weighted by molar-refractivity contribution is 0.0526. The average Bonchev–Trinajstić information content (AvgIpc) is 2.88. The topological polar surface area (TPSA) is 43.6 Å². The smallest absolute Gasteiger partial charge is 0.338 e. The first-order chi connectivity index (χ1) is 9.20. The Morgan fingerprint density at radius 1 is 1.32 bits per heavy atom. The second kappa shape index (κ2) is 4.39. The van der Waals surface area contributed by atoms with Crippen LogP contribution in [0.2, 0.25) is 0 Å². The number of rotatable bonds is 2. The number of fused-ring (bicyclic) bond motifs is 3. The number of benzene rings is 1. The molecule has 2 aromatic heterocycles. The molecule has 3 aromatic rings. The van der Waals surface area contributed by atoms with Crippen molar-refractivity contribution in [3.63, 3.8) is 0 Å². The molecule has 0 aliphatic carbocycles. The van der Waals surface area contributed by atoms with Crippen molar-refractivity contribution in [1.29, 1.82) is 0 Å². The summed E-state index contributed by atoms with van der Waals surface area (Å²) in [5, 5.41) is 0. The van der Waals surface area contributed by atoms with Gasteiger partial charge in [-0.25, -0.2) is 9.78 Å². The Balaban J connectivity index is 2.23. The Bertz CT molecular complexity index is 774. The van der Waals surface area contributed by atoms with Gasteiger partial charge in [-0.1, -0.05) is 0 Å². The first-order valence-electron chi connectivity index (χ1n) is 6.25. The third-order valence-electron chi connectivity index (χ3n) is 3.15. The minimum Gasteiger partial charge on any atom is -0.462 e. The zero-order valence-corrected chi connectivity index (χ0v) is 10.9. The highest BCUT2D eigenvalue weighted by molar-refractivity contribution is 5.94. The summed E-state index contributed by atoms with van der Waals surface area (Å²) in [6.45, 7) is 4.14. The van der Waals surface area contributed by atoms with Crippen molar-refractivity contribution in [1.82, 2.24) is 9.38 Å². The van der Waals surface area contributed by atoms with E-state index in [0.29, 0.717) is 12.2 Å². The van der Waals surface area contributed by atoms with Crippen molar-refractivity contribution in [2.75, 3.05) is 6.61 Å². The highest BCUT2D eigenvalue weighted by Crippen LogP contribution is 2.20. The standard InChI is InChI=1S/C15H14N2O2/c1-3-19-15(18)11-6-7-14-12(9-11)16-10(2)13-5-4-8-17(13)14/h4-9H,3H2,1-2H3. The Morgan fingerprint density at radius 2 is 2.16 bits per heavy atom. The number of ether oxygens (including phenoxy) is 1. The monoisotopic (exact) mass is 254 g/mol. The summed E-state index contributed by atoms with van der Waals surface area (Å²) >= 11 is 0. The maximum atomic E-state index is 11.7. The second-order valence-corrected chi connectivity index (χ2v) is 4.38. The van der Waals surface area contributed by atoms with Crippen LogP contribution in [0.1, 0.15) is 23.0 Å². The van der Waals surface area contributed by atoms with Gasteiger partial charge >= 0.3 is 5.97 Å². The number of carbonyl (C=O) groups excluding carboxylic acids is 1. The molecule has 0 aliphatic heterocycles. The lowest BCUT2D eigenvalue weighted by Gasteiger charge is -2.07. The molecule has 0 bridgehead atoms. The molecule has 0 spiro atoms. The van der Waals surface area contributed by atoms with Crippen LogP contribution in [-0.4, -0.2) is 22.0 Å². The number of hydrogen-bond donors (Lipinski definition) is 0. The van der Waals surface area contributed by atoms with E-state index in [4.69, 9.17) is 4.74 Å². The third-order valence-corrected chi connectivity index (χ3v) is 3.15. The minimum absolute atomic E-state index is 0.309. The Morgan fingerprint density at radius 3 is 2.95 bits per heavy atom. The molecule has 19 heavy (non-hydrogen) atoms. The zero-order valence-electron chi connectivity index (χ0n) is 10.9. The second-order valence-electron chi connectivity index (χ2n) is 4.38. The molecule has 0 aliphatic rings. The van der Waals surface area contributed by atoms with Crippen LogP contribution in [0.5, 0.6) is 0 Å². The molecule has 1 aromatic carbocycles. The summed E-state index contributed by atoms with van der Waals surface area (Å²) in [6, 6.07) is 9.47. The van der Waals surface area contributed by atoms with Gasteiger partial charge in [0.25, 0.3) is 0 Å². The molecule has 0 amide bonds. The quantitative estimate of drug-likeness (QED) is 0.660. The van der Waals surface area contributed by atoms with E-state index in [2.05, 4.69) is 9.38 Å². The third kappa shape index (κ3) is 1.85. The van der Waals surface area contributed by atoms with Crippen molar-refractivity contribution in [2.24, 2.45) is 0 Å². The first kappa shape index (κ1) is 11.7. The van der Waals surface area contributed by atoms with Gasteiger partial charge in [-0.2, -0.15) is 0 Å². The summed E-state index contributed by atoms with van der Waals surface area (Å²) in [5.41, 5.74) is 4.34. The van der Waals surface area contributed by atoms with E-state index in [9.17, 15) is 4.79 Å². The van der Waals surface area contributed by atoms with E-state index in [1.54, 1.807) is 19.1 Å². The fraction of sp³-hybridized carbons (Fsp3) is 0.200. The van der Waals surface area contributed by atoms with Crippen LogP contribution in [0.15, 0.2) is 36.5 Å². The largest absolute Gasteiger partial charge is 0.462 e. The molecule has 0 N–H and O–H groups in total. The summed E-state index contributed by atoms with van der Waals surface area (Å²) < 4.78 is 7.08. The normalized spacial score (nSPS) is 11.1. The maximum Gasteiger partial charge on any atom is 0.338 e. The van der Waals surface area contributed by atoms with Crippen molar-refractivity contribution >= 4 is 22.5 Å². The lowest BCUT2D eigenvalue weighted by atomic mass is 10.2. The van der Waals surface area contributed by atoms with Gasteiger partial charge < -0.3 is 9.14 Å². The van der Waals surface area contributed by atoms with Gasteiger partial charge in [0.15, 0.2) is 0 Å². The molecule has 0 fully saturated rings. The molecule has 4 heteroatoms. The van der Waals surface area contributed by atoms with E-state index in [-0.39, 0.29) is 5.97 Å². The SMILES string of the molecule is CCOC(=O)c1ccc2c(c1)nc(C)c1cccn12. The summed E-state index contributed by atoms with van der Waals surface area (Å²) in [7, 11) is 0. The predicted octanol–water partition coefficient (Wildman–Crippen LogP) is 2.97. The first-order valence-corrected chi connectivity index (χ1v) is 6.25. The Labute approximate surface area is 110 Å². The molecule has 96 valence electrons. The molecule has 0 atom stereocenters. The van der Waals surface area contributed by atoms with Gasteiger partial charge in [0, 0.05) is 6.20 Å². The van der Waals surface area contributed by atoms with Crippen LogP contribution in [0.25, 0.3) is 16.6 Å². The van der Waals surface area contributed by atoms with Crippen LogP contribution in [0.4, 0.5) is 0 Å². The van der Waals surface area contributed by atoms with Crippen molar-refractivity contribution in [3.05, 3.63) is 47.8 Å². The Hall–Kier alpha value is -2.36. The molecule has 2 heterocycles. The predicted molar refractivity (Wildman–Crippen MR) is 73.4 cm³/mol. The van der Waals surface area contributed by atoms with Gasteiger partial charge in [0.2, 0.25) is 0 Å². The van der Waals surface area contributed by atoms with Crippen LogP contribution >= 0.6 is 0 Å². The number of nitrogens with zero attached hydrogens (tertiary/aromatic N) is 2. The summed E-state index contributed by atoms with van der Waals surface area (Å²) in [6.07, 6.45) is 2.00. The molecule has 0 saturated heterocycles. The highest BCUT2D eigenvalue weighted by Gasteiger charge is 2.10. The van der Waals surface area contributed by atoms with Crippen molar-refractivity contribution < 1.29 is 9.53 Å². The van der Waals surface area contributed by atoms with E-state index in [0.717, 1.165) is 22.2 Å². The lowest BCUT2D eigenvalue weighted by Crippen LogP contribution is -2.05. The van der Waals surface area contributed by atoms with Gasteiger partial charge in [-0.3, -0.25) is 0 Å². The molecule has 4 nitrogen and oxygen atoms in total. The van der Waals surface area contributed by atoms with Crippen LogP contribution in [0.3, 0.4) is 0 Å².